The molecule has 0 heteroatoms. The van der Waals surface area contributed by atoms with Gasteiger partial charge in [0.25, 0.3) is 0 Å². The third-order valence-electron chi connectivity index (χ3n) is 2.93. The molecule has 0 aromatic carbocycles. The van der Waals surface area contributed by atoms with Crippen LogP contribution in [0.2, 0.25) is 0 Å². The molecular formula is C12H17. The van der Waals surface area contributed by atoms with Gasteiger partial charge in [0.15, 0.2) is 0 Å². The highest BCUT2D eigenvalue weighted by atomic mass is 14.2. The van der Waals surface area contributed by atoms with E-state index in [9.17, 15) is 0 Å². The van der Waals surface area contributed by atoms with Crippen molar-refractivity contribution in [2.24, 2.45) is 11.8 Å². The van der Waals surface area contributed by atoms with Crippen LogP contribution in [-0.2, 0) is 0 Å². The molecule has 2 unspecified atom stereocenters. The fourth-order valence-corrected chi connectivity index (χ4v) is 2.11. The lowest BCUT2D eigenvalue weighted by molar-refractivity contribution is 0.489. The molecule has 2 aliphatic rings. The Hall–Kier alpha value is -0.520. The molecule has 0 nitrogen and oxygen atoms in total. The summed E-state index contributed by atoms with van der Waals surface area (Å²) in [5.41, 5.74) is 0. The molecule has 0 spiro atoms. The summed E-state index contributed by atoms with van der Waals surface area (Å²) in [5.74, 6) is 1.56. The van der Waals surface area contributed by atoms with Crippen LogP contribution in [0.1, 0.15) is 32.1 Å². The van der Waals surface area contributed by atoms with Crippen LogP contribution in [0.4, 0.5) is 0 Å². The van der Waals surface area contributed by atoms with Gasteiger partial charge >= 0.3 is 0 Å². The molecule has 2 rings (SSSR count). The summed E-state index contributed by atoms with van der Waals surface area (Å²) < 4.78 is 0. The Morgan fingerprint density at radius 1 is 1.00 bits per heavy atom. The Bertz CT molecular complexity index is 168. The Kier molecular flexibility index (Phi) is 2.65. The van der Waals surface area contributed by atoms with E-state index in [0.717, 1.165) is 11.8 Å². The molecule has 0 heterocycles. The highest BCUT2D eigenvalue weighted by Crippen LogP contribution is 2.26. The maximum Gasteiger partial charge on any atom is -0.0102 e. The molecule has 0 amide bonds. The average molecular weight is 161 g/mol. The van der Waals surface area contributed by atoms with Crippen molar-refractivity contribution in [1.29, 1.82) is 0 Å². The van der Waals surface area contributed by atoms with Gasteiger partial charge in [0.05, 0.1) is 0 Å². The minimum atomic E-state index is 0.726. The van der Waals surface area contributed by atoms with Crippen molar-refractivity contribution in [3.63, 3.8) is 0 Å². The standard InChI is InChI=1S/C12H17/c1-2-6-12-8-4-3-7-11(5-1)9-10-12/h1-2,5,9-12H,3-4,6-8H2. The van der Waals surface area contributed by atoms with Crippen LogP contribution in [0.5, 0.6) is 0 Å². The minimum absolute atomic E-state index is 0.726. The van der Waals surface area contributed by atoms with Crippen LogP contribution >= 0.6 is 0 Å². The first kappa shape index (κ1) is 8.10. The molecule has 0 saturated heterocycles. The SMILES string of the molecule is [CH]1C=CCC2C=CC1CCCC2. The van der Waals surface area contributed by atoms with E-state index in [2.05, 4.69) is 30.7 Å². The zero-order valence-electron chi connectivity index (χ0n) is 7.58. The molecule has 65 valence electrons. The molecule has 0 aromatic heterocycles. The number of hydrogen-bond donors (Lipinski definition) is 0. The fraction of sp³-hybridized carbons (Fsp3) is 0.583. The van der Waals surface area contributed by atoms with Gasteiger partial charge in [-0.3, -0.25) is 0 Å². The largest absolute Gasteiger partial charge is 0.0876 e. The topological polar surface area (TPSA) is 0 Å². The average Bonchev–Trinajstić information content (AvgIpc) is 2.03. The van der Waals surface area contributed by atoms with Crippen LogP contribution in [-0.4, -0.2) is 0 Å². The van der Waals surface area contributed by atoms with E-state index in [4.69, 9.17) is 0 Å². The van der Waals surface area contributed by atoms with Crippen LogP contribution in [0.15, 0.2) is 24.3 Å². The molecule has 0 saturated carbocycles. The Morgan fingerprint density at radius 3 is 2.92 bits per heavy atom. The van der Waals surface area contributed by atoms with Crippen LogP contribution < -0.4 is 0 Å². The van der Waals surface area contributed by atoms with Gasteiger partial charge in [-0.05, 0) is 37.5 Å². The first-order valence-electron chi connectivity index (χ1n) is 5.13. The van der Waals surface area contributed by atoms with Crippen LogP contribution in [0.3, 0.4) is 0 Å². The summed E-state index contributed by atoms with van der Waals surface area (Å²) in [6.45, 7) is 0. The van der Waals surface area contributed by atoms with E-state index < -0.39 is 0 Å². The molecule has 12 heavy (non-hydrogen) atoms. The smallest absolute Gasteiger partial charge is 0.0102 e. The number of hydrogen-bond acceptors (Lipinski definition) is 0. The van der Waals surface area contributed by atoms with Gasteiger partial charge in [0.1, 0.15) is 0 Å². The third-order valence-corrected chi connectivity index (χ3v) is 2.93. The Morgan fingerprint density at radius 2 is 1.92 bits per heavy atom. The molecule has 0 fully saturated rings. The van der Waals surface area contributed by atoms with Gasteiger partial charge in [-0.25, -0.2) is 0 Å². The van der Waals surface area contributed by atoms with E-state index in [1.165, 1.54) is 32.1 Å². The normalized spacial score (nSPS) is 35.3. The molecular weight excluding hydrogens is 144 g/mol. The summed E-state index contributed by atoms with van der Waals surface area (Å²) in [5, 5.41) is 0. The molecule has 0 aliphatic heterocycles. The van der Waals surface area contributed by atoms with Gasteiger partial charge < -0.3 is 0 Å². The monoisotopic (exact) mass is 161 g/mol. The number of rotatable bonds is 0. The van der Waals surface area contributed by atoms with Crippen LogP contribution in [0, 0.1) is 18.3 Å². The Balaban J connectivity index is 2.10. The quantitative estimate of drug-likeness (QED) is 0.477. The summed E-state index contributed by atoms with van der Waals surface area (Å²) in [7, 11) is 0. The lowest BCUT2D eigenvalue weighted by atomic mass is 9.86. The Labute approximate surface area is 75.4 Å². The molecule has 2 bridgehead atoms. The van der Waals surface area contributed by atoms with Gasteiger partial charge in [0, 0.05) is 0 Å². The molecule has 0 N–H and O–H groups in total. The van der Waals surface area contributed by atoms with E-state index in [-0.39, 0.29) is 0 Å². The van der Waals surface area contributed by atoms with Crippen molar-refractivity contribution in [3.05, 3.63) is 30.7 Å². The van der Waals surface area contributed by atoms with Crippen molar-refractivity contribution in [2.45, 2.75) is 32.1 Å². The van der Waals surface area contributed by atoms with Gasteiger partial charge in [0.2, 0.25) is 0 Å². The molecule has 1 radical (unpaired) electrons. The lowest BCUT2D eigenvalue weighted by Crippen LogP contribution is -2.06. The minimum Gasteiger partial charge on any atom is -0.0876 e. The first-order valence-corrected chi connectivity index (χ1v) is 5.13. The zero-order valence-corrected chi connectivity index (χ0v) is 7.58. The second kappa shape index (κ2) is 3.93. The van der Waals surface area contributed by atoms with E-state index in [1.54, 1.807) is 0 Å². The molecule has 2 atom stereocenters. The predicted octanol–water partition coefficient (Wildman–Crippen LogP) is 3.51. The van der Waals surface area contributed by atoms with Crippen molar-refractivity contribution in [1.82, 2.24) is 0 Å². The van der Waals surface area contributed by atoms with E-state index in [0.29, 0.717) is 0 Å². The van der Waals surface area contributed by atoms with Crippen molar-refractivity contribution in [3.8, 4) is 0 Å². The van der Waals surface area contributed by atoms with Gasteiger partial charge in [-0.2, -0.15) is 0 Å². The highest BCUT2D eigenvalue weighted by Gasteiger charge is 2.12. The second-order valence-corrected chi connectivity index (χ2v) is 3.95. The third kappa shape index (κ3) is 2.00. The molecule has 0 aromatic rings. The van der Waals surface area contributed by atoms with Crippen LogP contribution in [0.25, 0.3) is 0 Å². The maximum absolute atomic E-state index is 2.43. The summed E-state index contributed by atoms with van der Waals surface area (Å²) >= 11 is 0. The number of fused-ring (bicyclic) bond motifs is 2. The fourth-order valence-electron chi connectivity index (χ4n) is 2.11. The second-order valence-electron chi connectivity index (χ2n) is 3.95. The van der Waals surface area contributed by atoms with Crippen molar-refractivity contribution in [2.75, 3.05) is 0 Å². The lowest BCUT2D eigenvalue weighted by Gasteiger charge is -2.20. The van der Waals surface area contributed by atoms with E-state index in [1.807, 2.05) is 0 Å². The van der Waals surface area contributed by atoms with Gasteiger partial charge in [-0.1, -0.05) is 37.1 Å². The van der Waals surface area contributed by atoms with Crippen molar-refractivity contribution < 1.29 is 0 Å². The zero-order chi connectivity index (χ0) is 8.23. The highest BCUT2D eigenvalue weighted by molar-refractivity contribution is 5.11. The van der Waals surface area contributed by atoms with Crippen molar-refractivity contribution >= 4 is 0 Å². The first-order chi connectivity index (χ1) is 5.95. The summed E-state index contributed by atoms with van der Waals surface area (Å²) in [4.78, 5) is 0. The van der Waals surface area contributed by atoms with E-state index >= 15 is 0 Å². The molecule has 2 aliphatic carbocycles. The number of allylic oxidation sites excluding steroid dienone is 4. The maximum atomic E-state index is 2.43. The summed E-state index contributed by atoms with van der Waals surface area (Å²) in [6.07, 6.45) is 18.6. The van der Waals surface area contributed by atoms with Gasteiger partial charge in [-0.15, -0.1) is 0 Å². The predicted molar refractivity (Wildman–Crippen MR) is 52.6 cm³/mol. The summed E-state index contributed by atoms with van der Waals surface area (Å²) in [6, 6.07) is 0.